The van der Waals surface area contributed by atoms with Gasteiger partial charge in [-0.2, -0.15) is 0 Å². The topological polar surface area (TPSA) is 38.3 Å². The molecule has 0 atom stereocenters. The van der Waals surface area contributed by atoms with E-state index in [-0.39, 0.29) is 5.91 Å². The highest BCUT2D eigenvalue weighted by Crippen LogP contribution is 2.14. The lowest BCUT2D eigenvalue weighted by Crippen LogP contribution is -2.25. The summed E-state index contributed by atoms with van der Waals surface area (Å²) >= 11 is 0. The van der Waals surface area contributed by atoms with Gasteiger partial charge in [0.15, 0.2) is 0 Å². The smallest absolute Gasteiger partial charge is 0.251 e. The summed E-state index contributed by atoms with van der Waals surface area (Å²) in [5.74, 6) is 1.26. The van der Waals surface area contributed by atoms with Crippen LogP contribution >= 0.6 is 0 Å². The second-order valence-corrected chi connectivity index (χ2v) is 5.45. The number of methoxy groups -OCH3 is 1. The Morgan fingerprint density at radius 2 is 1.81 bits per heavy atom. The van der Waals surface area contributed by atoms with Gasteiger partial charge in [-0.05, 0) is 43.5 Å². The van der Waals surface area contributed by atoms with Gasteiger partial charge in [0.05, 0.1) is 12.9 Å². The SMILES string of the molecule is CO/C(C)=C/C=C(\C)CNC(=O)c1ccc(C(C)C)cc1. The summed E-state index contributed by atoms with van der Waals surface area (Å²) in [6, 6.07) is 7.76. The van der Waals surface area contributed by atoms with E-state index in [9.17, 15) is 4.79 Å². The molecular weight excluding hydrogens is 262 g/mol. The fourth-order valence-electron chi connectivity index (χ4n) is 1.73. The largest absolute Gasteiger partial charge is 0.501 e. The molecular formula is C18H25NO2. The molecule has 0 aliphatic carbocycles. The number of hydrogen-bond acceptors (Lipinski definition) is 2. The second-order valence-electron chi connectivity index (χ2n) is 5.45. The normalized spacial score (nSPS) is 12.5. The van der Waals surface area contributed by atoms with Crippen LogP contribution in [-0.2, 0) is 4.74 Å². The fraction of sp³-hybridized carbons (Fsp3) is 0.389. The Hall–Kier alpha value is -2.03. The molecule has 3 nitrogen and oxygen atoms in total. The summed E-state index contributed by atoms with van der Waals surface area (Å²) in [6.07, 6.45) is 3.83. The van der Waals surface area contributed by atoms with E-state index in [1.807, 2.05) is 50.3 Å². The van der Waals surface area contributed by atoms with Crippen molar-refractivity contribution >= 4 is 5.91 Å². The monoisotopic (exact) mass is 287 g/mol. The van der Waals surface area contributed by atoms with Gasteiger partial charge >= 0.3 is 0 Å². The number of carbonyl (C=O) groups is 1. The van der Waals surface area contributed by atoms with Crippen molar-refractivity contribution in [1.82, 2.24) is 5.32 Å². The zero-order valence-corrected chi connectivity index (χ0v) is 13.6. The summed E-state index contributed by atoms with van der Waals surface area (Å²) in [4.78, 5) is 12.0. The van der Waals surface area contributed by atoms with Crippen molar-refractivity contribution < 1.29 is 9.53 Å². The van der Waals surface area contributed by atoms with Gasteiger partial charge in [-0.1, -0.05) is 37.6 Å². The number of ether oxygens (including phenoxy) is 1. The molecule has 1 aromatic rings. The third kappa shape index (κ3) is 5.86. The number of allylic oxidation sites excluding steroid dienone is 3. The van der Waals surface area contributed by atoms with Crippen LogP contribution in [0.25, 0.3) is 0 Å². The minimum atomic E-state index is -0.0505. The van der Waals surface area contributed by atoms with E-state index in [4.69, 9.17) is 4.74 Å². The van der Waals surface area contributed by atoms with Crippen LogP contribution in [0.2, 0.25) is 0 Å². The number of hydrogen-bond donors (Lipinski definition) is 1. The summed E-state index contributed by atoms with van der Waals surface area (Å²) < 4.78 is 5.06. The molecule has 0 bridgehead atoms. The molecule has 1 rings (SSSR count). The van der Waals surface area contributed by atoms with Gasteiger partial charge in [0.25, 0.3) is 5.91 Å². The Bertz CT molecular complexity index is 525. The standard InChI is InChI=1S/C18H25NO2/c1-13(2)16-8-10-17(11-9-16)18(20)19-12-14(3)6-7-15(4)21-5/h6-11,13H,12H2,1-5H3,(H,19,20)/b14-6+,15-7+. The minimum Gasteiger partial charge on any atom is -0.501 e. The molecule has 114 valence electrons. The number of amides is 1. The van der Waals surface area contributed by atoms with Gasteiger partial charge in [-0.3, -0.25) is 4.79 Å². The Labute approximate surface area is 127 Å². The molecule has 0 saturated heterocycles. The van der Waals surface area contributed by atoms with Crippen LogP contribution in [0.4, 0.5) is 0 Å². The quantitative estimate of drug-likeness (QED) is 0.633. The van der Waals surface area contributed by atoms with Crippen LogP contribution in [0.15, 0.2) is 47.7 Å². The zero-order valence-electron chi connectivity index (χ0n) is 13.6. The number of nitrogens with one attached hydrogen (secondary N) is 1. The predicted molar refractivity (Wildman–Crippen MR) is 87.4 cm³/mol. The molecule has 21 heavy (non-hydrogen) atoms. The van der Waals surface area contributed by atoms with Gasteiger partial charge in [-0.25, -0.2) is 0 Å². The van der Waals surface area contributed by atoms with Gasteiger partial charge in [0.1, 0.15) is 0 Å². The first kappa shape index (κ1) is 17.0. The molecule has 0 fully saturated rings. The van der Waals surface area contributed by atoms with Crippen molar-refractivity contribution in [3.63, 3.8) is 0 Å². The lowest BCUT2D eigenvalue weighted by Gasteiger charge is -2.08. The van der Waals surface area contributed by atoms with Crippen molar-refractivity contribution in [1.29, 1.82) is 0 Å². The summed E-state index contributed by atoms with van der Waals surface area (Å²) in [6.45, 7) is 8.66. The Morgan fingerprint density at radius 1 is 1.19 bits per heavy atom. The van der Waals surface area contributed by atoms with Crippen molar-refractivity contribution in [2.24, 2.45) is 0 Å². The average Bonchev–Trinajstić information content (AvgIpc) is 2.50. The maximum Gasteiger partial charge on any atom is 0.251 e. The number of carbonyl (C=O) groups excluding carboxylic acids is 1. The van der Waals surface area contributed by atoms with E-state index in [0.717, 1.165) is 11.3 Å². The van der Waals surface area contributed by atoms with E-state index in [2.05, 4.69) is 19.2 Å². The first-order chi connectivity index (χ1) is 9.93. The van der Waals surface area contributed by atoms with E-state index in [1.165, 1.54) is 5.56 Å². The van der Waals surface area contributed by atoms with Crippen molar-refractivity contribution in [3.8, 4) is 0 Å². The van der Waals surface area contributed by atoms with Crippen LogP contribution in [0, 0.1) is 0 Å². The summed E-state index contributed by atoms with van der Waals surface area (Å²) in [5.41, 5.74) is 3.00. The lowest BCUT2D eigenvalue weighted by atomic mass is 10.0. The van der Waals surface area contributed by atoms with Gasteiger partial charge in [0, 0.05) is 12.1 Å². The maximum atomic E-state index is 12.0. The summed E-state index contributed by atoms with van der Waals surface area (Å²) in [5, 5.41) is 2.91. The van der Waals surface area contributed by atoms with Crippen molar-refractivity contribution in [2.75, 3.05) is 13.7 Å². The minimum absolute atomic E-state index is 0.0505. The van der Waals surface area contributed by atoms with E-state index >= 15 is 0 Å². The average molecular weight is 287 g/mol. The fourth-order valence-corrected chi connectivity index (χ4v) is 1.73. The van der Waals surface area contributed by atoms with Gasteiger partial charge in [-0.15, -0.1) is 0 Å². The molecule has 1 aromatic carbocycles. The maximum absolute atomic E-state index is 12.0. The molecule has 0 aromatic heterocycles. The second kappa shape index (κ2) is 8.30. The number of benzene rings is 1. The van der Waals surface area contributed by atoms with Gasteiger partial charge < -0.3 is 10.1 Å². The van der Waals surface area contributed by atoms with Crippen LogP contribution in [0.5, 0.6) is 0 Å². The molecule has 1 N–H and O–H groups in total. The molecule has 0 unspecified atom stereocenters. The summed E-state index contributed by atoms with van der Waals surface area (Å²) in [7, 11) is 1.64. The molecule has 0 saturated carbocycles. The molecule has 0 heterocycles. The highest BCUT2D eigenvalue weighted by molar-refractivity contribution is 5.94. The van der Waals surface area contributed by atoms with Gasteiger partial charge in [0.2, 0.25) is 0 Å². The first-order valence-corrected chi connectivity index (χ1v) is 7.20. The molecule has 1 amide bonds. The van der Waals surface area contributed by atoms with Crippen LogP contribution in [0.1, 0.15) is 49.5 Å². The highest BCUT2D eigenvalue weighted by atomic mass is 16.5. The predicted octanol–water partition coefficient (Wildman–Crippen LogP) is 4.04. The zero-order chi connectivity index (χ0) is 15.8. The van der Waals surface area contributed by atoms with Crippen molar-refractivity contribution in [3.05, 3.63) is 58.9 Å². The molecule has 0 spiro atoms. The molecule has 0 aliphatic heterocycles. The van der Waals surface area contributed by atoms with E-state index < -0.39 is 0 Å². The first-order valence-electron chi connectivity index (χ1n) is 7.20. The molecule has 0 radical (unpaired) electrons. The lowest BCUT2D eigenvalue weighted by molar-refractivity contribution is 0.0957. The van der Waals surface area contributed by atoms with E-state index in [1.54, 1.807) is 7.11 Å². The Balaban J connectivity index is 2.57. The molecule has 0 aliphatic rings. The third-order valence-corrected chi connectivity index (χ3v) is 3.29. The highest BCUT2D eigenvalue weighted by Gasteiger charge is 2.06. The van der Waals surface area contributed by atoms with E-state index in [0.29, 0.717) is 18.0 Å². The Morgan fingerprint density at radius 3 is 2.33 bits per heavy atom. The van der Waals surface area contributed by atoms with Crippen molar-refractivity contribution in [2.45, 2.75) is 33.6 Å². The molecule has 3 heteroatoms. The Kier molecular flexibility index (Phi) is 6.73. The van der Waals surface area contributed by atoms with Crippen LogP contribution in [0.3, 0.4) is 0 Å². The number of rotatable bonds is 6. The van der Waals surface area contributed by atoms with Crippen LogP contribution < -0.4 is 5.32 Å². The van der Waals surface area contributed by atoms with Crippen LogP contribution in [-0.4, -0.2) is 19.6 Å². The third-order valence-electron chi connectivity index (χ3n) is 3.29.